The third-order valence-corrected chi connectivity index (χ3v) is 7.03. The Morgan fingerprint density at radius 3 is 2.41 bits per heavy atom. The van der Waals surface area contributed by atoms with Crippen LogP contribution in [0.25, 0.3) is 21.8 Å². The van der Waals surface area contributed by atoms with Gasteiger partial charge < -0.3 is 9.88 Å². The maximum absolute atomic E-state index is 13.6. The first-order valence-electron chi connectivity index (χ1n) is 11.2. The van der Waals surface area contributed by atoms with E-state index in [4.69, 9.17) is 0 Å². The second-order valence-corrected chi connectivity index (χ2v) is 9.60. The Morgan fingerprint density at radius 2 is 1.71 bits per heavy atom. The maximum Gasteiger partial charge on any atom is 0.274 e. The molecule has 9 heteroatoms. The van der Waals surface area contributed by atoms with Crippen LogP contribution in [0.4, 0.5) is 8.78 Å². The van der Waals surface area contributed by atoms with Gasteiger partial charge in [0.2, 0.25) is 0 Å². The number of aryl methyl sites for hydroxylation is 1. The first kappa shape index (κ1) is 22.3. The molecule has 1 saturated heterocycles. The summed E-state index contributed by atoms with van der Waals surface area (Å²) in [5.74, 6) is 0.499. The lowest BCUT2D eigenvalue weighted by Gasteiger charge is -2.35. The van der Waals surface area contributed by atoms with Crippen LogP contribution in [-0.4, -0.2) is 43.6 Å². The average Bonchev–Trinajstić information content (AvgIpc) is 3.47. The van der Waals surface area contributed by atoms with E-state index in [2.05, 4.69) is 20.2 Å². The van der Waals surface area contributed by atoms with E-state index in [9.17, 15) is 13.6 Å². The van der Waals surface area contributed by atoms with Crippen molar-refractivity contribution in [2.24, 2.45) is 0 Å². The molecule has 0 radical (unpaired) electrons. The fraction of sp³-hybridized carbons (Fsp3) is 0.280. The molecule has 1 N–H and O–H groups in total. The Bertz CT molecular complexity index is 1300. The van der Waals surface area contributed by atoms with Gasteiger partial charge >= 0.3 is 0 Å². The first-order valence-corrected chi connectivity index (χ1v) is 12.0. The number of amides is 1. The number of nitrogens with zero attached hydrogens (tertiary/aromatic N) is 4. The van der Waals surface area contributed by atoms with Crippen LogP contribution in [0.3, 0.4) is 0 Å². The molecule has 1 atom stereocenters. The van der Waals surface area contributed by atoms with E-state index in [1.54, 1.807) is 24.3 Å². The summed E-state index contributed by atoms with van der Waals surface area (Å²) in [6.07, 6.45) is 3.34. The summed E-state index contributed by atoms with van der Waals surface area (Å²) in [6, 6.07) is 12.2. The minimum absolute atomic E-state index is 0.0432. The lowest BCUT2D eigenvalue weighted by molar-refractivity contribution is 0.0606. The van der Waals surface area contributed by atoms with Crippen molar-refractivity contribution < 1.29 is 13.6 Å². The number of hydrogen-bond acceptors (Lipinski definition) is 5. The highest BCUT2D eigenvalue weighted by Gasteiger charge is 2.31. The third-order valence-electron chi connectivity index (χ3n) is 6.01. The molecule has 4 aromatic rings. The zero-order valence-electron chi connectivity index (χ0n) is 18.6. The van der Waals surface area contributed by atoms with Gasteiger partial charge in [-0.25, -0.2) is 13.8 Å². The molecule has 2 aromatic heterocycles. The molecule has 0 bridgehead atoms. The van der Waals surface area contributed by atoms with Crippen LogP contribution in [0, 0.1) is 18.6 Å². The van der Waals surface area contributed by atoms with Gasteiger partial charge in [-0.1, -0.05) is 12.1 Å². The Kier molecular flexibility index (Phi) is 6.19. The van der Waals surface area contributed by atoms with E-state index in [1.807, 2.05) is 11.8 Å². The van der Waals surface area contributed by atoms with Crippen LogP contribution < -0.4 is 0 Å². The fourth-order valence-electron chi connectivity index (χ4n) is 4.33. The molecule has 3 heterocycles. The Balaban J connectivity index is 1.38. The summed E-state index contributed by atoms with van der Waals surface area (Å²) in [4.78, 5) is 24.0. The molecule has 5 rings (SSSR count). The molecule has 6 nitrogen and oxygen atoms in total. The molecule has 1 fully saturated rings. The first-order chi connectivity index (χ1) is 16.5. The second kappa shape index (κ2) is 9.42. The van der Waals surface area contributed by atoms with Gasteiger partial charge in [0.1, 0.15) is 23.2 Å². The van der Waals surface area contributed by atoms with Gasteiger partial charge in [-0.05, 0) is 68.1 Å². The Hall–Kier alpha value is -3.46. The predicted octanol–water partition coefficient (Wildman–Crippen LogP) is 5.42. The van der Waals surface area contributed by atoms with Gasteiger partial charge in [0.15, 0.2) is 5.82 Å². The molecule has 174 valence electrons. The van der Waals surface area contributed by atoms with Crippen LogP contribution in [0.2, 0.25) is 0 Å². The highest BCUT2D eigenvalue weighted by Crippen LogP contribution is 2.33. The lowest BCUT2D eigenvalue weighted by atomic mass is 9.98. The van der Waals surface area contributed by atoms with Crippen molar-refractivity contribution in [2.45, 2.75) is 38.6 Å². The number of benzene rings is 2. The third kappa shape index (κ3) is 4.61. The molecule has 1 amide bonds. The van der Waals surface area contributed by atoms with E-state index in [0.29, 0.717) is 30.3 Å². The van der Waals surface area contributed by atoms with Crippen molar-refractivity contribution in [2.75, 3.05) is 6.54 Å². The molecule has 0 saturated carbocycles. The van der Waals surface area contributed by atoms with Crippen LogP contribution in [-0.2, 0) is 6.42 Å². The number of aromatic amines is 1. The summed E-state index contributed by atoms with van der Waals surface area (Å²) in [7, 11) is 0. The van der Waals surface area contributed by atoms with Gasteiger partial charge in [-0.2, -0.15) is 0 Å². The van der Waals surface area contributed by atoms with Gasteiger partial charge in [0, 0.05) is 24.6 Å². The van der Waals surface area contributed by atoms with Crippen molar-refractivity contribution in [3.63, 3.8) is 0 Å². The summed E-state index contributed by atoms with van der Waals surface area (Å²) in [5.41, 5.74) is 1.94. The van der Waals surface area contributed by atoms with Crippen molar-refractivity contribution in [1.29, 1.82) is 0 Å². The maximum atomic E-state index is 13.6. The van der Waals surface area contributed by atoms with Crippen molar-refractivity contribution in [3.05, 3.63) is 76.7 Å². The van der Waals surface area contributed by atoms with Gasteiger partial charge in [-0.3, -0.25) is 4.79 Å². The zero-order chi connectivity index (χ0) is 23.7. The minimum atomic E-state index is -0.318. The largest absolute Gasteiger partial charge is 0.334 e. The topological polar surface area (TPSA) is 74.8 Å². The fourth-order valence-corrected chi connectivity index (χ4v) is 5.25. The second-order valence-electron chi connectivity index (χ2n) is 8.40. The normalized spacial score (nSPS) is 16.1. The Labute approximate surface area is 199 Å². The molecule has 2 aromatic carbocycles. The standard InChI is InChI=1S/C25H23F2N5OS/c1-15-28-22(23(34-15)16-5-9-18(26)10-6-16)25(33)32-13-3-2-4-20(32)14-21-29-24(31-30-21)17-7-11-19(27)12-8-17/h5-12,20H,2-4,13-14H2,1H3,(H,29,30,31). The van der Waals surface area contributed by atoms with E-state index < -0.39 is 0 Å². The molecule has 0 spiro atoms. The molecule has 1 aliphatic heterocycles. The van der Waals surface area contributed by atoms with Crippen LogP contribution in [0.15, 0.2) is 48.5 Å². The minimum Gasteiger partial charge on any atom is -0.334 e. The highest BCUT2D eigenvalue weighted by molar-refractivity contribution is 7.15. The number of carbonyl (C=O) groups is 1. The zero-order valence-corrected chi connectivity index (χ0v) is 19.4. The van der Waals surface area contributed by atoms with Crippen molar-refractivity contribution in [1.82, 2.24) is 25.1 Å². The van der Waals surface area contributed by atoms with Gasteiger partial charge in [-0.15, -0.1) is 21.5 Å². The van der Waals surface area contributed by atoms with E-state index in [0.717, 1.165) is 40.3 Å². The number of thiazole rings is 1. The van der Waals surface area contributed by atoms with E-state index in [-0.39, 0.29) is 23.6 Å². The molecular formula is C25H23F2N5OS. The Morgan fingerprint density at radius 1 is 1.03 bits per heavy atom. The number of carbonyl (C=O) groups excluding carboxylic acids is 1. The lowest BCUT2D eigenvalue weighted by Crippen LogP contribution is -2.45. The van der Waals surface area contributed by atoms with Crippen LogP contribution in [0.1, 0.15) is 40.6 Å². The molecule has 1 aliphatic rings. The summed E-state index contributed by atoms with van der Waals surface area (Å²) >= 11 is 1.44. The highest BCUT2D eigenvalue weighted by atomic mass is 32.1. The number of piperidine rings is 1. The van der Waals surface area contributed by atoms with Crippen LogP contribution >= 0.6 is 11.3 Å². The average molecular weight is 480 g/mol. The summed E-state index contributed by atoms with van der Waals surface area (Å²) in [5, 5.41) is 9.26. The SMILES string of the molecule is Cc1nc(C(=O)N2CCCCC2Cc2nnc(-c3ccc(F)cc3)[nH]2)c(-c2ccc(F)cc2)s1. The molecule has 34 heavy (non-hydrogen) atoms. The number of likely N-dealkylation sites (tertiary alicyclic amines) is 1. The number of rotatable bonds is 5. The number of aromatic nitrogens is 4. The van der Waals surface area contributed by atoms with Crippen LogP contribution in [0.5, 0.6) is 0 Å². The quantitative estimate of drug-likeness (QED) is 0.415. The smallest absolute Gasteiger partial charge is 0.274 e. The summed E-state index contributed by atoms with van der Waals surface area (Å²) in [6.45, 7) is 2.51. The number of halogens is 2. The molecular weight excluding hydrogens is 456 g/mol. The molecule has 1 unspecified atom stereocenters. The van der Waals surface area contributed by atoms with Gasteiger partial charge in [0.25, 0.3) is 5.91 Å². The predicted molar refractivity (Wildman–Crippen MR) is 126 cm³/mol. The van der Waals surface area contributed by atoms with Gasteiger partial charge in [0.05, 0.1) is 9.88 Å². The van der Waals surface area contributed by atoms with Crippen molar-refractivity contribution >= 4 is 17.2 Å². The molecule has 0 aliphatic carbocycles. The van der Waals surface area contributed by atoms with E-state index >= 15 is 0 Å². The number of H-pyrrole nitrogens is 1. The number of hydrogen-bond donors (Lipinski definition) is 1. The monoisotopic (exact) mass is 479 g/mol. The van der Waals surface area contributed by atoms with E-state index in [1.165, 1.54) is 35.6 Å². The van der Waals surface area contributed by atoms with Crippen molar-refractivity contribution in [3.8, 4) is 21.8 Å². The number of nitrogens with one attached hydrogen (secondary N) is 1. The summed E-state index contributed by atoms with van der Waals surface area (Å²) < 4.78 is 26.7.